The van der Waals surface area contributed by atoms with Gasteiger partial charge in [-0.3, -0.25) is 9.35 Å². The average molecular weight is 300 g/mol. The highest BCUT2D eigenvalue weighted by Crippen LogP contribution is 2.12. The maximum absolute atomic E-state index is 11.7. The van der Waals surface area contributed by atoms with Crippen LogP contribution < -0.4 is 4.74 Å². The molecule has 1 aromatic carbocycles. The lowest BCUT2D eigenvalue weighted by Crippen LogP contribution is -2.17. The highest BCUT2D eigenvalue weighted by atomic mass is 32.3. The zero-order valence-corrected chi connectivity index (χ0v) is 12.0. The van der Waals surface area contributed by atoms with Crippen LogP contribution in [-0.2, 0) is 19.4 Å². The molecule has 0 radical (unpaired) electrons. The molecule has 0 bridgehead atoms. The number of ether oxygens (including phenoxy) is 1. The molecule has 6 nitrogen and oxygen atoms in total. The van der Waals surface area contributed by atoms with E-state index in [1.54, 1.807) is 37.5 Å². The lowest BCUT2D eigenvalue weighted by atomic mass is 10.1. The highest BCUT2D eigenvalue weighted by molar-refractivity contribution is 7.80. The summed E-state index contributed by atoms with van der Waals surface area (Å²) in [6.45, 7) is 1.11. The van der Waals surface area contributed by atoms with E-state index in [0.29, 0.717) is 5.75 Å². The quantitative estimate of drug-likeness (QED) is 0.609. The summed E-state index contributed by atoms with van der Waals surface area (Å²) in [6, 6.07) is 7.08. The standard InChI is InChI=1S/C13H16O6S/c1-10(9-19-20(15,16)17)13(14)8-5-11-3-6-12(18-2)7-4-11/h3-8,10H,9H2,1-2H3,(H,15,16,17)/b8-5+. The Hall–Kier alpha value is -1.70. The molecule has 110 valence electrons. The minimum atomic E-state index is -4.52. The molecule has 20 heavy (non-hydrogen) atoms. The van der Waals surface area contributed by atoms with E-state index < -0.39 is 22.9 Å². The maximum Gasteiger partial charge on any atom is 0.397 e. The molecule has 1 N–H and O–H groups in total. The van der Waals surface area contributed by atoms with Crippen molar-refractivity contribution in [3.8, 4) is 5.75 Å². The van der Waals surface area contributed by atoms with Gasteiger partial charge in [-0.15, -0.1) is 0 Å². The molecule has 0 amide bonds. The summed E-state index contributed by atoms with van der Waals surface area (Å²) in [7, 11) is -2.96. The SMILES string of the molecule is COc1ccc(/C=C/C(=O)C(C)COS(=O)(=O)O)cc1. The first-order valence-electron chi connectivity index (χ1n) is 5.79. The average Bonchev–Trinajstić information content (AvgIpc) is 2.41. The second kappa shape index (κ2) is 7.18. The molecule has 1 atom stereocenters. The fourth-order valence-corrected chi connectivity index (χ4v) is 1.70. The molecule has 0 aliphatic heterocycles. The van der Waals surface area contributed by atoms with Crippen molar-refractivity contribution in [1.29, 1.82) is 0 Å². The third-order valence-corrected chi connectivity index (χ3v) is 2.94. The number of carbonyl (C=O) groups excluding carboxylic acids is 1. The molecule has 0 spiro atoms. The van der Waals surface area contributed by atoms with Gasteiger partial charge in [-0.2, -0.15) is 8.42 Å². The van der Waals surface area contributed by atoms with Gasteiger partial charge >= 0.3 is 10.4 Å². The van der Waals surface area contributed by atoms with Crippen LogP contribution >= 0.6 is 0 Å². The maximum atomic E-state index is 11.7. The van der Waals surface area contributed by atoms with Gasteiger partial charge in [0.05, 0.1) is 13.7 Å². The first-order valence-corrected chi connectivity index (χ1v) is 7.16. The van der Waals surface area contributed by atoms with E-state index in [4.69, 9.17) is 9.29 Å². The molecule has 0 aliphatic carbocycles. The van der Waals surface area contributed by atoms with Crippen molar-refractivity contribution < 1.29 is 26.7 Å². The van der Waals surface area contributed by atoms with E-state index in [9.17, 15) is 13.2 Å². The van der Waals surface area contributed by atoms with Gasteiger partial charge in [0.1, 0.15) is 5.75 Å². The summed E-state index contributed by atoms with van der Waals surface area (Å²) >= 11 is 0. The molecule has 0 saturated carbocycles. The Morgan fingerprint density at radius 2 is 1.95 bits per heavy atom. The van der Waals surface area contributed by atoms with Crippen molar-refractivity contribution >= 4 is 22.3 Å². The van der Waals surface area contributed by atoms with E-state index in [-0.39, 0.29) is 5.78 Å². The third-order valence-electron chi connectivity index (χ3n) is 2.51. The Balaban J connectivity index is 2.57. The normalized spacial score (nSPS) is 13.3. The topological polar surface area (TPSA) is 89.9 Å². The molecular formula is C13H16O6S. The van der Waals surface area contributed by atoms with Gasteiger partial charge in [-0.05, 0) is 23.8 Å². The van der Waals surface area contributed by atoms with Crippen LogP contribution in [0.1, 0.15) is 12.5 Å². The van der Waals surface area contributed by atoms with Crippen molar-refractivity contribution in [2.45, 2.75) is 6.92 Å². The largest absolute Gasteiger partial charge is 0.497 e. The Morgan fingerprint density at radius 3 is 2.45 bits per heavy atom. The van der Waals surface area contributed by atoms with Crippen LogP contribution in [0.2, 0.25) is 0 Å². The predicted octanol–water partition coefficient (Wildman–Crippen LogP) is 1.73. The zero-order chi connectivity index (χ0) is 15.2. The van der Waals surface area contributed by atoms with Gasteiger partial charge in [0.25, 0.3) is 0 Å². The Kier molecular flexibility index (Phi) is 5.87. The van der Waals surface area contributed by atoms with Gasteiger partial charge in [0.15, 0.2) is 5.78 Å². The van der Waals surface area contributed by atoms with Gasteiger partial charge in [0, 0.05) is 5.92 Å². The zero-order valence-electron chi connectivity index (χ0n) is 11.1. The van der Waals surface area contributed by atoms with Gasteiger partial charge in [-0.1, -0.05) is 25.1 Å². The summed E-state index contributed by atoms with van der Waals surface area (Å²) in [5.74, 6) is -0.265. The summed E-state index contributed by atoms with van der Waals surface area (Å²) in [5, 5.41) is 0. The minimum absolute atomic E-state index is 0.301. The summed E-state index contributed by atoms with van der Waals surface area (Å²) < 4.78 is 38.4. The van der Waals surface area contributed by atoms with Crippen LogP contribution in [0.4, 0.5) is 0 Å². The van der Waals surface area contributed by atoms with E-state index >= 15 is 0 Å². The van der Waals surface area contributed by atoms with E-state index in [0.717, 1.165) is 5.56 Å². The van der Waals surface area contributed by atoms with E-state index in [1.807, 2.05) is 0 Å². The van der Waals surface area contributed by atoms with Crippen molar-refractivity contribution in [1.82, 2.24) is 0 Å². The number of carbonyl (C=O) groups is 1. The molecule has 0 saturated heterocycles. The summed E-state index contributed by atoms with van der Waals surface area (Å²) in [4.78, 5) is 11.7. The Morgan fingerprint density at radius 1 is 1.35 bits per heavy atom. The van der Waals surface area contributed by atoms with Gasteiger partial charge < -0.3 is 4.74 Å². The lowest BCUT2D eigenvalue weighted by molar-refractivity contribution is -0.118. The molecule has 1 unspecified atom stereocenters. The predicted molar refractivity (Wildman–Crippen MR) is 73.7 cm³/mol. The van der Waals surface area contributed by atoms with Crippen LogP contribution in [0.3, 0.4) is 0 Å². The van der Waals surface area contributed by atoms with Crippen LogP contribution in [0.15, 0.2) is 30.3 Å². The third kappa shape index (κ3) is 5.96. The van der Waals surface area contributed by atoms with Crippen LogP contribution in [0, 0.1) is 5.92 Å². The van der Waals surface area contributed by atoms with Crippen molar-refractivity contribution in [2.75, 3.05) is 13.7 Å². The molecule has 0 aliphatic rings. The smallest absolute Gasteiger partial charge is 0.397 e. The second-order valence-corrected chi connectivity index (χ2v) is 5.21. The molecule has 1 aromatic rings. The molecule has 7 heteroatoms. The first kappa shape index (κ1) is 16.4. The highest BCUT2D eigenvalue weighted by Gasteiger charge is 2.14. The fraction of sp³-hybridized carbons (Fsp3) is 0.308. The number of ketones is 1. The lowest BCUT2D eigenvalue weighted by Gasteiger charge is -2.06. The number of rotatable bonds is 7. The molecule has 0 heterocycles. The summed E-state index contributed by atoms with van der Waals surface area (Å²) in [6.07, 6.45) is 2.94. The molecule has 1 rings (SSSR count). The Bertz CT molecular complexity index is 573. The molecular weight excluding hydrogens is 284 g/mol. The van der Waals surface area contributed by atoms with Gasteiger partial charge in [0.2, 0.25) is 0 Å². The number of hydrogen-bond donors (Lipinski definition) is 1. The van der Waals surface area contributed by atoms with Crippen LogP contribution in [0.25, 0.3) is 6.08 Å². The number of methoxy groups -OCH3 is 1. The van der Waals surface area contributed by atoms with Crippen molar-refractivity contribution in [2.24, 2.45) is 5.92 Å². The van der Waals surface area contributed by atoms with Gasteiger partial charge in [-0.25, -0.2) is 4.18 Å². The van der Waals surface area contributed by atoms with E-state index in [1.165, 1.54) is 13.0 Å². The van der Waals surface area contributed by atoms with Crippen molar-refractivity contribution in [3.05, 3.63) is 35.9 Å². The fourth-order valence-electron chi connectivity index (χ4n) is 1.33. The summed E-state index contributed by atoms with van der Waals surface area (Å²) in [5.41, 5.74) is 0.807. The number of benzene rings is 1. The first-order chi connectivity index (χ1) is 9.31. The van der Waals surface area contributed by atoms with Crippen LogP contribution in [0.5, 0.6) is 5.75 Å². The molecule has 0 fully saturated rings. The minimum Gasteiger partial charge on any atom is -0.497 e. The van der Waals surface area contributed by atoms with E-state index in [2.05, 4.69) is 4.18 Å². The monoisotopic (exact) mass is 300 g/mol. The van der Waals surface area contributed by atoms with Crippen LogP contribution in [-0.4, -0.2) is 32.5 Å². The second-order valence-electron chi connectivity index (χ2n) is 4.12. The van der Waals surface area contributed by atoms with Crippen molar-refractivity contribution in [3.63, 3.8) is 0 Å². The number of allylic oxidation sites excluding steroid dienone is 1. The molecule has 0 aromatic heterocycles. The number of hydrogen-bond acceptors (Lipinski definition) is 5. The Labute approximate surface area is 118 Å².